The zero-order valence-corrected chi connectivity index (χ0v) is 8.30. The molecule has 0 unspecified atom stereocenters. The molecule has 0 aromatic carbocycles. The van der Waals surface area contributed by atoms with Crippen LogP contribution in [-0.4, -0.2) is 14.8 Å². The summed E-state index contributed by atoms with van der Waals surface area (Å²) in [6, 6.07) is 1.83. The van der Waals surface area contributed by atoms with Crippen molar-refractivity contribution in [1.29, 1.82) is 0 Å². The van der Waals surface area contributed by atoms with Gasteiger partial charge in [-0.1, -0.05) is 0 Å². The molecule has 0 spiro atoms. The molecule has 2 aromatic rings. The maximum absolute atomic E-state index is 5.57. The van der Waals surface area contributed by atoms with Crippen molar-refractivity contribution in [3.63, 3.8) is 0 Å². The fourth-order valence-corrected chi connectivity index (χ4v) is 1.94. The number of anilines is 1. The second-order valence-electron chi connectivity index (χ2n) is 2.89. The quantitative estimate of drug-likeness (QED) is 0.749. The summed E-state index contributed by atoms with van der Waals surface area (Å²) in [5, 5.41) is 7.00. The van der Waals surface area contributed by atoms with Gasteiger partial charge in [-0.3, -0.25) is 0 Å². The lowest BCUT2D eigenvalue weighted by molar-refractivity contribution is 0.838. The van der Waals surface area contributed by atoms with E-state index in [1.165, 1.54) is 0 Å². The van der Waals surface area contributed by atoms with Crippen molar-refractivity contribution in [1.82, 2.24) is 14.8 Å². The van der Waals surface area contributed by atoms with Crippen LogP contribution in [-0.2, 0) is 0 Å². The van der Waals surface area contributed by atoms with Gasteiger partial charge >= 0.3 is 0 Å². The summed E-state index contributed by atoms with van der Waals surface area (Å²) in [4.78, 5) is 4.32. The molecule has 2 rings (SSSR count). The first-order valence-corrected chi connectivity index (χ1v) is 4.79. The third-order valence-electron chi connectivity index (χ3n) is 1.69. The number of hydrogen-bond donors (Lipinski definition) is 1. The molecular weight excluding hydrogens is 184 g/mol. The van der Waals surface area contributed by atoms with Crippen molar-refractivity contribution in [2.75, 3.05) is 5.73 Å². The van der Waals surface area contributed by atoms with E-state index in [1.54, 1.807) is 16.0 Å². The molecule has 0 aliphatic heterocycles. The molecule has 68 valence electrons. The summed E-state index contributed by atoms with van der Waals surface area (Å²) in [5.74, 6) is 0.533. The van der Waals surface area contributed by atoms with Crippen LogP contribution in [0, 0.1) is 13.8 Å². The smallest absolute Gasteiger partial charge is 0.210 e. The second-order valence-corrected chi connectivity index (χ2v) is 3.73. The average molecular weight is 194 g/mol. The minimum atomic E-state index is 0.533. The molecule has 0 fully saturated rings. The van der Waals surface area contributed by atoms with E-state index in [4.69, 9.17) is 5.73 Å². The van der Waals surface area contributed by atoms with E-state index in [9.17, 15) is 0 Å². The normalized spacial score (nSPS) is 10.6. The van der Waals surface area contributed by atoms with Crippen LogP contribution in [0.4, 0.5) is 5.82 Å². The lowest BCUT2D eigenvalue weighted by Gasteiger charge is -1.96. The van der Waals surface area contributed by atoms with Crippen molar-refractivity contribution in [3.8, 4) is 5.13 Å². The van der Waals surface area contributed by atoms with Gasteiger partial charge in [0, 0.05) is 17.1 Å². The van der Waals surface area contributed by atoms with Gasteiger partial charge < -0.3 is 5.73 Å². The first-order chi connectivity index (χ1) is 6.16. The van der Waals surface area contributed by atoms with Gasteiger partial charge in [0.2, 0.25) is 5.13 Å². The summed E-state index contributed by atoms with van der Waals surface area (Å²) < 4.78 is 1.76. The first-order valence-electron chi connectivity index (χ1n) is 3.91. The number of aromatic nitrogens is 3. The molecule has 4 nitrogen and oxygen atoms in total. The molecule has 13 heavy (non-hydrogen) atoms. The van der Waals surface area contributed by atoms with Crippen LogP contribution < -0.4 is 5.73 Å². The third kappa shape index (κ3) is 1.42. The van der Waals surface area contributed by atoms with Crippen LogP contribution in [0.2, 0.25) is 0 Å². The minimum absolute atomic E-state index is 0.533. The van der Waals surface area contributed by atoms with Crippen molar-refractivity contribution in [3.05, 3.63) is 22.8 Å². The Morgan fingerprint density at radius 3 is 2.69 bits per heavy atom. The number of nitrogens with zero attached hydrogens (tertiary/aromatic N) is 3. The Bertz CT molecular complexity index is 429. The molecule has 0 aliphatic carbocycles. The Morgan fingerprint density at radius 1 is 1.46 bits per heavy atom. The summed E-state index contributed by atoms with van der Waals surface area (Å²) in [6.07, 6.45) is 0. The summed E-state index contributed by atoms with van der Waals surface area (Å²) >= 11 is 1.56. The highest BCUT2D eigenvalue weighted by molar-refractivity contribution is 7.12. The van der Waals surface area contributed by atoms with Crippen LogP contribution in [0.15, 0.2) is 11.4 Å². The number of aryl methyl sites for hydroxylation is 2. The lowest BCUT2D eigenvalue weighted by Crippen LogP contribution is -1.98. The molecule has 0 atom stereocenters. The zero-order valence-electron chi connectivity index (χ0n) is 7.48. The first kappa shape index (κ1) is 8.25. The molecule has 0 radical (unpaired) electrons. The van der Waals surface area contributed by atoms with Gasteiger partial charge in [-0.25, -0.2) is 9.67 Å². The van der Waals surface area contributed by atoms with Crippen molar-refractivity contribution in [2.45, 2.75) is 13.8 Å². The topological polar surface area (TPSA) is 56.7 Å². The molecule has 2 aromatic heterocycles. The second kappa shape index (κ2) is 2.85. The van der Waals surface area contributed by atoms with Crippen LogP contribution in [0.1, 0.15) is 11.4 Å². The molecule has 0 saturated carbocycles. The highest BCUT2D eigenvalue weighted by Gasteiger charge is 2.06. The van der Waals surface area contributed by atoms with Crippen molar-refractivity contribution < 1.29 is 0 Å². The predicted octanol–water partition coefficient (Wildman–Crippen LogP) is 1.53. The van der Waals surface area contributed by atoms with E-state index in [0.717, 1.165) is 16.5 Å². The van der Waals surface area contributed by atoms with E-state index in [1.807, 2.05) is 25.3 Å². The number of rotatable bonds is 1. The standard InChI is InChI=1S/C8H10N4S/c1-5-4-13-8(10-5)12-6(2)3-7(9)11-12/h3-4H,1-2H3,(H2,9,11). The predicted molar refractivity (Wildman–Crippen MR) is 53.1 cm³/mol. The largest absolute Gasteiger partial charge is 0.382 e. The van der Waals surface area contributed by atoms with E-state index in [2.05, 4.69) is 10.1 Å². The van der Waals surface area contributed by atoms with E-state index < -0.39 is 0 Å². The third-order valence-corrected chi connectivity index (χ3v) is 2.63. The van der Waals surface area contributed by atoms with Crippen LogP contribution >= 0.6 is 11.3 Å². The van der Waals surface area contributed by atoms with Crippen molar-refractivity contribution >= 4 is 17.2 Å². The SMILES string of the molecule is Cc1csc(-n2nc(N)cc2C)n1. The minimum Gasteiger partial charge on any atom is -0.382 e. The lowest BCUT2D eigenvalue weighted by atomic mass is 10.5. The Hall–Kier alpha value is -1.36. The van der Waals surface area contributed by atoms with Gasteiger partial charge in [0.15, 0.2) is 0 Å². The van der Waals surface area contributed by atoms with E-state index in [-0.39, 0.29) is 0 Å². The summed E-state index contributed by atoms with van der Waals surface area (Å²) in [5.41, 5.74) is 7.58. The summed E-state index contributed by atoms with van der Waals surface area (Å²) in [7, 11) is 0. The maximum atomic E-state index is 5.57. The van der Waals surface area contributed by atoms with Gasteiger partial charge in [0.25, 0.3) is 0 Å². The Balaban J connectivity index is 2.51. The zero-order chi connectivity index (χ0) is 9.42. The molecule has 0 aliphatic rings. The van der Waals surface area contributed by atoms with Gasteiger partial charge in [-0.15, -0.1) is 16.4 Å². The monoisotopic (exact) mass is 194 g/mol. The summed E-state index contributed by atoms with van der Waals surface area (Å²) in [6.45, 7) is 3.92. The number of nitrogen functional groups attached to an aromatic ring is 1. The van der Waals surface area contributed by atoms with Crippen LogP contribution in [0.5, 0.6) is 0 Å². The molecule has 2 N–H and O–H groups in total. The highest BCUT2D eigenvalue weighted by Crippen LogP contribution is 2.16. The molecule has 2 heterocycles. The van der Waals surface area contributed by atoms with Gasteiger partial charge in [0.05, 0.1) is 5.69 Å². The van der Waals surface area contributed by atoms with Crippen LogP contribution in [0.25, 0.3) is 5.13 Å². The Kier molecular flexibility index (Phi) is 1.81. The fraction of sp³-hybridized carbons (Fsp3) is 0.250. The van der Waals surface area contributed by atoms with Crippen LogP contribution in [0.3, 0.4) is 0 Å². The average Bonchev–Trinajstić information content (AvgIpc) is 2.58. The van der Waals surface area contributed by atoms with Gasteiger partial charge in [-0.05, 0) is 13.8 Å². The number of hydrogen-bond acceptors (Lipinski definition) is 4. The van der Waals surface area contributed by atoms with Crippen molar-refractivity contribution in [2.24, 2.45) is 0 Å². The van der Waals surface area contributed by atoms with E-state index in [0.29, 0.717) is 5.82 Å². The number of nitrogens with two attached hydrogens (primary N) is 1. The molecule has 5 heteroatoms. The number of thiazole rings is 1. The highest BCUT2D eigenvalue weighted by atomic mass is 32.1. The molecule has 0 saturated heterocycles. The Morgan fingerprint density at radius 2 is 2.23 bits per heavy atom. The van der Waals surface area contributed by atoms with E-state index >= 15 is 0 Å². The fourth-order valence-electron chi connectivity index (χ4n) is 1.13. The van der Waals surface area contributed by atoms with Gasteiger partial charge in [0.1, 0.15) is 5.82 Å². The molecule has 0 bridgehead atoms. The van der Waals surface area contributed by atoms with Gasteiger partial charge in [-0.2, -0.15) is 0 Å². The maximum Gasteiger partial charge on any atom is 0.210 e. The molecule has 0 amide bonds. The molecular formula is C8H10N4S. The Labute approximate surface area is 80.0 Å².